The molecule has 5 heteroatoms. The van der Waals surface area contributed by atoms with Gasteiger partial charge in [0.05, 0.1) is 6.04 Å². The summed E-state index contributed by atoms with van der Waals surface area (Å²) < 4.78 is 0. The van der Waals surface area contributed by atoms with E-state index in [1.54, 1.807) is 0 Å². The largest absolute Gasteiger partial charge is 0.368 e. The molecule has 0 aliphatic rings. The molecule has 1 aromatic rings. The van der Waals surface area contributed by atoms with Gasteiger partial charge in [-0.2, -0.15) is 0 Å². The predicted molar refractivity (Wildman–Crippen MR) is 66.4 cm³/mol. The van der Waals surface area contributed by atoms with Crippen LogP contribution in [0, 0.1) is 0 Å². The lowest BCUT2D eigenvalue weighted by Gasteiger charge is -2.06. The van der Waals surface area contributed by atoms with Crippen LogP contribution in [0.5, 0.6) is 0 Å². The Morgan fingerprint density at radius 3 is 2.20 bits per heavy atom. The quantitative estimate of drug-likeness (QED) is 0.846. The number of hydrogen-bond donors (Lipinski definition) is 2. The van der Waals surface area contributed by atoms with Gasteiger partial charge in [0.15, 0.2) is 0 Å². The molecule has 0 saturated carbocycles. The minimum absolute atomic E-state index is 0. The van der Waals surface area contributed by atoms with Crippen LogP contribution in [-0.2, 0) is 11.2 Å². The zero-order chi connectivity index (χ0) is 9.68. The van der Waals surface area contributed by atoms with Crippen molar-refractivity contribution in [2.45, 2.75) is 18.9 Å². The molecule has 4 N–H and O–H groups in total. The second-order valence-corrected chi connectivity index (χ2v) is 3.03. The maximum Gasteiger partial charge on any atom is 0.234 e. The molecule has 0 heterocycles. The van der Waals surface area contributed by atoms with Gasteiger partial charge in [-0.25, -0.2) is 0 Å². The van der Waals surface area contributed by atoms with Crippen molar-refractivity contribution >= 4 is 30.7 Å². The van der Waals surface area contributed by atoms with Crippen molar-refractivity contribution in [3.05, 3.63) is 35.9 Å². The Hall–Kier alpha value is -0.770. The van der Waals surface area contributed by atoms with Crippen LogP contribution < -0.4 is 11.5 Å². The highest BCUT2D eigenvalue weighted by atomic mass is 35.5. The van der Waals surface area contributed by atoms with Crippen molar-refractivity contribution in [1.29, 1.82) is 0 Å². The number of halogens is 2. The maximum atomic E-state index is 10.6. The number of carbonyl (C=O) groups is 1. The van der Waals surface area contributed by atoms with E-state index in [4.69, 9.17) is 11.5 Å². The summed E-state index contributed by atoms with van der Waals surface area (Å²) in [4.78, 5) is 10.6. The Morgan fingerprint density at radius 2 is 1.73 bits per heavy atom. The highest BCUT2D eigenvalue weighted by molar-refractivity contribution is 5.85. The molecule has 0 aliphatic carbocycles. The first-order valence-electron chi connectivity index (χ1n) is 4.29. The summed E-state index contributed by atoms with van der Waals surface area (Å²) in [6.07, 6.45) is 1.41. The first-order valence-corrected chi connectivity index (χ1v) is 4.29. The second kappa shape index (κ2) is 8.53. The van der Waals surface area contributed by atoms with Gasteiger partial charge in [0.2, 0.25) is 5.91 Å². The molecule has 3 nitrogen and oxygen atoms in total. The first kappa shape index (κ1) is 16.7. The summed E-state index contributed by atoms with van der Waals surface area (Å²) in [6.45, 7) is 0. The summed E-state index contributed by atoms with van der Waals surface area (Å²) >= 11 is 0. The Kier molecular flexibility index (Phi) is 9.47. The third kappa shape index (κ3) is 6.33. The van der Waals surface area contributed by atoms with E-state index in [-0.39, 0.29) is 24.8 Å². The summed E-state index contributed by atoms with van der Waals surface area (Å²) in [5.74, 6) is -0.434. The van der Waals surface area contributed by atoms with E-state index in [0.29, 0.717) is 6.42 Å². The van der Waals surface area contributed by atoms with Gasteiger partial charge in [0, 0.05) is 0 Å². The van der Waals surface area contributed by atoms with E-state index < -0.39 is 11.9 Å². The molecule has 1 unspecified atom stereocenters. The fourth-order valence-electron chi connectivity index (χ4n) is 1.11. The number of rotatable bonds is 4. The highest BCUT2D eigenvalue weighted by Crippen LogP contribution is 2.03. The van der Waals surface area contributed by atoms with Crippen LogP contribution in [0.15, 0.2) is 30.3 Å². The maximum absolute atomic E-state index is 10.6. The van der Waals surface area contributed by atoms with Gasteiger partial charge in [0.1, 0.15) is 0 Å². The van der Waals surface area contributed by atoms with Gasteiger partial charge in [-0.3, -0.25) is 4.79 Å². The molecule has 0 aromatic heterocycles. The topological polar surface area (TPSA) is 69.1 Å². The monoisotopic (exact) mass is 250 g/mol. The average Bonchev–Trinajstić information content (AvgIpc) is 2.15. The van der Waals surface area contributed by atoms with Crippen molar-refractivity contribution in [1.82, 2.24) is 0 Å². The number of amides is 1. The van der Waals surface area contributed by atoms with Crippen LogP contribution in [-0.4, -0.2) is 11.9 Å². The van der Waals surface area contributed by atoms with Gasteiger partial charge in [-0.1, -0.05) is 30.3 Å². The molecule has 1 atom stereocenters. The van der Waals surface area contributed by atoms with E-state index in [1.165, 1.54) is 5.56 Å². The normalized spacial score (nSPS) is 10.7. The van der Waals surface area contributed by atoms with E-state index in [2.05, 4.69) is 0 Å². The lowest BCUT2D eigenvalue weighted by molar-refractivity contribution is -0.119. The number of aryl methyl sites for hydroxylation is 1. The SMILES string of the molecule is Cl.Cl.NC(=O)C(N)CCc1ccccc1. The minimum atomic E-state index is -0.528. The van der Waals surface area contributed by atoms with Crippen molar-refractivity contribution in [2.24, 2.45) is 11.5 Å². The van der Waals surface area contributed by atoms with Crippen molar-refractivity contribution in [3.63, 3.8) is 0 Å². The van der Waals surface area contributed by atoms with E-state index in [0.717, 1.165) is 6.42 Å². The van der Waals surface area contributed by atoms with Crippen LogP contribution in [0.4, 0.5) is 0 Å². The van der Waals surface area contributed by atoms with Crippen LogP contribution in [0.2, 0.25) is 0 Å². The number of hydrogen-bond acceptors (Lipinski definition) is 2. The third-order valence-electron chi connectivity index (χ3n) is 1.95. The molecule has 0 spiro atoms. The van der Waals surface area contributed by atoms with Crippen molar-refractivity contribution < 1.29 is 4.79 Å². The van der Waals surface area contributed by atoms with Gasteiger partial charge < -0.3 is 11.5 Å². The first-order chi connectivity index (χ1) is 6.20. The molecule has 86 valence electrons. The van der Waals surface area contributed by atoms with E-state index >= 15 is 0 Å². The number of benzene rings is 1. The molecule has 15 heavy (non-hydrogen) atoms. The van der Waals surface area contributed by atoms with E-state index in [9.17, 15) is 4.79 Å². The Morgan fingerprint density at radius 1 is 1.20 bits per heavy atom. The Labute approximate surface area is 102 Å². The summed E-state index contributed by atoms with van der Waals surface area (Å²) in [5, 5.41) is 0. The fraction of sp³-hybridized carbons (Fsp3) is 0.300. The minimum Gasteiger partial charge on any atom is -0.368 e. The average molecular weight is 251 g/mol. The molecular formula is C10H16Cl2N2O. The molecule has 1 aromatic carbocycles. The van der Waals surface area contributed by atoms with Gasteiger partial charge in [0.25, 0.3) is 0 Å². The summed E-state index contributed by atoms with van der Waals surface area (Å²) in [6, 6.07) is 9.37. The lowest BCUT2D eigenvalue weighted by Crippen LogP contribution is -2.36. The fourth-order valence-corrected chi connectivity index (χ4v) is 1.11. The molecule has 0 fully saturated rings. The zero-order valence-corrected chi connectivity index (χ0v) is 9.89. The van der Waals surface area contributed by atoms with Gasteiger partial charge in [-0.15, -0.1) is 24.8 Å². The third-order valence-corrected chi connectivity index (χ3v) is 1.95. The number of nitrogens with two attached hydrogens (primary N) is 2. The molecule has 0 bridgehead atoms. The smallest absolute Gasteiger partial charge is 0.234 e. The Bertz CT molecular complexity index is 280. The molecule has 1 rings (SSSR count). The van der Waals surface area contributed by atoms with Gasteiger partial charge >= 0.3 is 0 Å². The number of primary amides is 1. The van der Waals surface area contributed by atoms with Crippen LogP contribution >= 0.6 is 24.8 Å². The zero-order valence-electron chi connectivity index (χ0n) is 8.26. The van der Waals surface area contributed by atoms with E-state index in [1.807, 2.05) is 30.3 Å². The standard InChI is InChI=1S/C10H14N2O.2ClH/c11-9(10(12)13)7-6-8-4-2-1-3-5-8;;/h1-5,9H,6-7,11H2,(H2,12,13);2*1H. The number of carbonyl (C=O) groups excluding carboxylic acids is 1. The highest BCUT2D eigenvalue weighted by Gasteiger charge is 2.08. The van der Waals surface area contributed by atoms with Crippen molar-refractivity contribution in [2.75, 3.05) is 0 Å². The molecular weight excluding hydrogens is 235 g/mol. The van der Waals surface area contributed by atoms with Crippen LogP contribution in [0.3, 0.4) is 0 Å². The molecule has 1 amide bonds. The molecule has 0 saturated heterocycles. The van der Waals surface area contributed by atoms with Gasteiger partial charge in [-0.05, 0) is 18.4 Å². The van der Waals surface area contributed by atoms with Crippen molar-refractivity contribution in [3.8, 4) is 0 Å². The predicted octanol–water partition coefficient (Wildman–Crippen LogP) is 1.28. The lowest BCUT2D eigenvalue weighted by atomic mass is 10.1. The molecule has 0 aliphatic heterocycles. The molecule has 0 radical (unpaired) electrons. The summed E-state index contributed by atoms with van der Waals surface area (Å²) in [7, 11) is 0. The van der Waals surface area contributed by atoms with Crippen LogP contribution in [0.25, 0.3) is 0 Å². The van der Waals surface area contributed by atoms with Crippen LogP contribution in [0.1, 0.15) is 12.0 Å². The second-order valence-electron chi connectivity index (χ2n) is 3.03. The Balaban J connectivity index is 0. The summed E-state index contributed by atoms with van der Waals surface area (Å²) in [5.41, 5.74) is 11.7.